The van der Waals surface area contributed by atoms with E-state index in [1.807, 2.05) is 6.92 Å². The summed E-state index contributed by atoms with van der Waals surface area (Å²) in [5, 5.41) is 3.35. The van der Waals surface area contributed by atoms with Crippen molar-refractivity contribution in [3.63, 3.8) is 0 Å². The topological polar surface area (TPSA) is 45.5 Å². The van der Waals surface area contributed by atoms with Crippen LogP contribution in [0.15, 0.2) is 16.9 Å². The summed E-state index contributed by atoms with van der Waals surface area (Å²) in [5.41, 5.74) is 1.77. The molecule has 1 amide bonds. The molecule has 1 heterocycles. The van der Waals surface area contributed by atoms with Gasteiger partial charge in [-0.05, 0) is 19.8 Å². The number of furan rings is 1. The molecule has 1 saturated carbocycles. The molecule has 0 spiro atoms. The Bertz CT molecular complexity index is 355. The Morgan fingerprint density at radius 1 is 1.60 bits per heavy atom. The van der Waals surface area contributed by atoms with Gasteiger partial charge in [-0.1, -0.05) is 0 Å². The summed E-state index contributed by atoms with van der Waals surface area (Å²) in [6.45, 7) is 4.18. The lowest BCUT2D eigenvalue weighted by molar-refractivity contribution is -0.116. The van der Waals surface area contributed by atoms with Crippen LogP contribution in [0.25, 0.3) is 0 Å². The highest BCUT2D eigenvalue weighted by molar-refractivity contribution is 5.94. The van der Waals surface area contributed by atoms with Crippen molar-refractivity contribution in [2.75, 3.05) is 16.8 Å². The molecule has 0 aromatic carbocycles. The Morgan fingerprint density at radius 3 is 2.87 bits per heavy atom. The zero-order chi connectivity index (χ0) is 10.8. The van der Waals surface area contributed by atoms with Crippen LogP contribution in [0.2, 0.25) is 0 Å². The number of carbonyl (C=O) groups excluding carboxylic acids is 1. The highest BCUT2D eigenvalue weighted by Crippen LogP contribution is 2.32. The molecule has 0 radical (unpaired) electrons. The predicted molar refractivity (Wildman–Crippen MR) is 59.1 cm³/mol. The van der Waals surface area contributed by atoms with Gasteiger partial charge < -0.3 is 14.6 Å². The van der Waals surface area contributed by atoms with Gasteiger partial charge in [-0.25, -0.2) is 0 Å². The number of rotatable bonds is 4. The molecular weight excluding hydrogens is 192 g/mol. The van der Waals surface area contributed by atoms with Crippen LogP contribution in [-0.4, -0.2) is 18.5 Å². The molecule has 2 rings (SSSR count). The fourth-order valence-corrected chi connectivity index (χ4v) is 1.62. The van der Waals surface area contributed by atoms with Gasteiger partial charge in [0.05, 0.1) is 5.69 Å². The maximum absolute atomic E-state index is 11.4. The van der Waals surface area contributed by atoms with Crippen LogP contribution in [0.3, 0.4) is 0 Å². The number of carbonyl (C=O) groups is 1. The second-order valence-corrected chi connectivity index (χ2v) is 3.85. The third-order valence-electron chi connectivity index (χ3n) is 2.57. The predicted octanol–water partition coefficient (Wildman–Crippen LogP) is 2.23. The van der Waals surface area contributed by atoms with Crippen molar-refractivity contribution < 1.29 is 9.21 Å². The molecule has 0 bridgehead atoms. The van der Waals surface area contributed by atoms with Gasteiger partial charge in [0.1, 0.15) is 18.2 Å². The Labute approximate surface area is 89.2 Å². The van der Waals surface area contributed by atoms with E-state index in [9.17, 15) is 4.79 Å². The van der Waals surface area contributed by atoms with Crippen molar-refractivity contribution in [1.82, 2.24) is 0 Å². The van der Waals surface area contributed by atoms with Crippen LogP contribution >= 0.6 is 0 Å². The number of anilines is 2. The van der Waals surface area contributed by atoms with E-state index in [1.54, 1.807) is 24.3 Å². The van der Waals surface area contributed by atoms with Gasteiger partial charge in [0.15, 0.2) is 0 Å². The van der Waals surface area contributed by atoms with Crippen molar-refractivity contribution in [2.45, 2.75) is 32.7 Å². The van der Waals surface area contributed by atoms with Crippen molar-refractivity contribution in [3.05, 3.63) is 12.5 Å². The minimum Gasteiger partial charge on any atom is -0.468 e. The van der Waals surface area contributed by atoms with E-state index in [4.69, 9.17) is 4.42 Å². The summed E-state index contributed by atoms with van der Waals surface area (Å²) in [7, 11) is 0. The van der Waals surface area contributed by atoms with Gasteiger partial charge in [0.25, 0.3) is 0 Å². The van der Waals surface area contributed by atoms with Gasteiger partial charge in [-0.2, -0.15) is 0 Å². The SMILES string of the molecule is CCN(C(C)=O)c1cocc1NC1CC1. The van der Waals surface area contributed by atoms with Crippen LogP contribution in [0, 0.1) is 0 Å². The maximum Gasteiger partial charge on any atom is 0.223 e. The maximum atomic E-state index is 11.4. The first-order valence-electron chi connectivity index (χ1n) is 5.33. The number of amides is 1. The Balaban J connectivity index is 2.17. The number of hydrogen-bond acceptors (Lipinski definition) is 3. The summed E-state index contributed by atoms with van der Waals surface area (Å²) in [4.78, 5) is 13.1. The highest BCUT2D eigenvalue weighted by Gasteiger charge is 2.24. The molecule has 0 aliphatic heterocycles. The molecule has 1 aromatic rings. The molecule has 0 saturated heterocycles. The zero-order valence-corrected chi connectivity index (χ0v) is 9.12. The van der Waals surface area contributed by atoms with Crippen molar-refractivity contribution in [1.29, 1.82) is 0 Å². The molecule has 4 heteroatoms. The molecule has 4 nitrogen and oxygen atoms in total. The van der Waals surface area contributed by atoms with Crippen LogP contribution in [0.5, 0.6) is 0 Å². The first-order valence-corrected chi connectivity index (χ1v) is 5.33. The van der Waals surface area contributed by atoms with Crippen LogP contribution in [0.4, 0.5) is 11.4 Å². The van der Waals surface area contributed by atoms with E-state index >= 15 is 0 Å². The molecule has 0 unspecified atom stereocenters. The lowest BCUT2D eigenvalue weighted by atomic mass is 10.3. The van der Waals surface area contributed by atoms with Gasteiger partial charge in [-0.15, -0.1) is 0 Å². The quantitative estimate of drug-likeness (QED) is 0.825. The van der Waals surface area contributed by atoms with E-state index in [0.29, 0.717) is 12.6 Å². The van der Waals surface area contributed by atoms with E-state index in [0.717, 1.165) is 11.4 Å². The summed E-state index contributed by atoms with van der Waals surface area (Å²) >= 11 is 0. The second kappa shape index (κ2) is 3.96. The highest BCUT2D eigenvalue weighted by atomic mass is 16.3. The van der Waals surface area contributed by atoms with Crippen LogP contribution in [-0.2, 0) is 4.79 Å². The molecule has 1 N–H and O–H groups in total. The van der Waals surface area contributed by atoms with Crippen LogP contribution < -0.4 is 10.2 Å². The normalized spacial score (nSPS) is 15.1. The minimum absolute atomic E-state index is 0.0396. The Morgan fingerprint density at radius 2 is 2.33 bits per heavy atom. The molecule has 1 aliphatic rings. The van der Waals surface area contributed by atoms with Crippen molar-refractivity contribution in [2.24, 2.45) is 0 Å². The molecule has 15 heavy (non-hydrogen) atoms. The summed E-state index contributed by atoms with van der Waals surface area (Å²) < 4.78 is 5.15. The summed E-state index contributed by atoms with van der Waals surface area (Å²) in [6.07, 6.45) is 5.70. The third kappa shape index (κ3) is 2.14. The van der Waals surface area contributed by atoms with Gasteiger partial charge >= 0.3 is 0 Å². The monoisotopic (exact) mass is 208 g/mol. The third-order valence-corrected chi connectivity index (χ3v) is 2.57. The van der Waals surface area contributed by atoms with E-state index in [1.165, 1.54) is 12.8 Å². The second-order valence-electron chi connectivity index (χ2n) is 3.85. The fourth-order valence-electron chi connectivity index (χ4n) is 1.62. The van der Waals surface area contributed by atoms with E-state index in [-0.39, 0.29) is 5.91 Å². The Kier molecular flexibility index (Phi) is 2.66. The lowest BCUT2D eigenvalue weighted by Gasteiger charge is -2.18. The van der Waals surface area contributed by atoms with Gasteiger partial charge in [0, 0.05) is 19.5 Å². The van der Waals surface area contributed by atoms with Crippen molar-refractivity contribution >= 4 is 17.3 Å². The number of hydrogen-bond donors (Lipinski definition) is 1. The average Bonchev–Trinajstić information content (AvgIpc) is 2.88. The molecular formula is C11H16N2O2. The Hall–Kier alpha value is -1.45. The first-order chi connectivity index (χ1) is 7.22. The van der Waals surface area contributed by atoms with Crippen LogP contribution in [0.1, 0.15) is 26.7 Å². The average molecular weight is 208 g/mol. The van der Waals surface area contributed by atoms with E-state index < -0.39 is 0 Å². The van der Waals surface area contributed by atoms with E-state index in [2.05, 4.69) is 5.32 Å². The molecule has 1 aliphatic carbocycles. The smallest absolute Gasteiger partial charge is 0.223 e. The molecule has 1 aromatic heterocycles. The summed E-state index contributed by atoms with van der Waals surface area (Å²) in [6, 6.07) is 0.562. The number of nitrogens with zero attached hydrogens (tertiary/aromatic N) is 1. The zero-order valence-electron chi connectivity index (χ0n) is 9.12. The first kappa shape index (κ1) is 10.1. The summed E-state index contributed by atoms with van der Waals surface area (Å²) in [5.74, 6) is 0.0396. The minimum atomic E-state index is 0.0396. The largest absolute Gasteiger partial charge is 0.468 e. The van der Waals surface area contributed by atoms with Gasteiger partial charge in [0.2, 0.25) is 5.91 Å². The molecule has 82 valence electrons. The standard InChI is InChI=1S/C11H16N2O2/c1-3-13(8(2)14)11-7-15-6-10(11)12-9-4-5-9/h6-7,9,12H,3-5H2,1-2H3. The number of nitrogens with one attached hydrogen (secondary N) is 1. The fraction of sp³-hybridized carbons (Fsp3) is 0.545. The lowest BCUT2D eigenvalue weighted by Crippen LogP contribution is -2.28. The molecule has 0 atom stereocenters. The molecule has 1 fully saturated rings. The van der Waals surface area contributed by atoms with Crippen molar-refractivity contribution in [3.8, 4) is 0 Å². The van der Waals surface area contributed by atoms with Gasteiger partial charge in [-0.3, -0.25) is 4.79 Å².